The summed E-state index contributed by atoms with van der Waals surface area (Å²) >= 11 is 0. The van der Waals surface area contributed by atoms with Gasteiger partial charge in [0.1, 0.15) is 0 Å². The van der Waals surface area contributed by atoms with E-state index in [1.54, 1.807) is 6.92 Å². The molecule has 6 nitrogen and oxygen atoms in total. The third kappa shape index (κ3) is 5.31. The Hall–Kier alpha value is -1.59. The van der Waals surface area contributed by atoms with E-state index in [1.807, 2.05) is 20.8 Å². The zero-order valence-corrected chi connectivity index (χ0v) is 14.1. The summed E-state index contributed by atoms with van der Waals surface area (Å²) < 4.78 is 15.2. The van der Waals surface area contributed by atoms with Gasteiger partial charge in [0.25, 0.3) is 5.41 Å². The van der Waals surface area contributed by atoms with E-state index in [2.05, 4.69) is 0 Å². The minimum absolute atomic E-state index is 0.0525. The molecule has 0 aliphatic carbocycles. The second kappa shape index (κ2) is 11.0. The monoisotopic (exact) mass is 316 g/mol. The number of carbonyl (C=O) groups excluding carboxylic acids is 3. The summed E-state index contributed by atoms with van der Waals surface area (Å²) in [6, 6.07) is 0. The van der Waals surface area contributed by atoms with E-state index >= 15 is 0 Å². The van der Waals surface area contributed by atoms with Crippen molar-refractivity contribution in [3.05, 3.63) is 0 Å². The van der Waals surface area contributed by atoms with E-state index in [0.717, 1.165) is 6.42 Å². The Morgan fingerprint density at radius 1 is 0.682 bits per heavy atom. The lowest BCUT2D eigenvalue weighted by Crippen LogP contribution is -2.49. The zero-order valence-electron chi connectivity index (χ0n) is 14.1. The van der Waals surface area contributed by atoms with E-state index < -0.39 is 23.3 Å². The molecule has 6 heteroatoms. The zero-order chi connectivity index (χ0) is 17.0. The van der Waals surface area contributed by atoms with Gasteiger partial charge in [-0.3, -0.25) is 14.4 Å². The minimum Gasteiger partial charge on any atom is -0.464 e. The van der Waals surface area contributed by atoms with Gasteiger partial charge in [-0.05, 0) is 25.7 Å². The van der Waals surface area contributed by atoms with Gasteiger partial charge in [-0.2, -0.15) is 0 Å². The number of esters is 3. The molecule has 0 spiro atoms. The third-order valence-electron chi connectivity index (χ3n) is 3.18. The van der Waals surface area contributed by atoms with Gasteiger partial charge >= 0.3 is 17.9 Å². The molecule has 0 aromatic carbocycles. The molecule has 22 heavy (non-hydrogen) atoms. The van der Waals surface area contributed by atoms with Crippen molar-refractivity contribution in [1.29, 1.82) is 0 Å². The molecule has 0 radical (unpaired) electrons. The number of rotatable bonds is 11. The van der Waals surface area contributed by atoms with Gasteiger partial charge in [-0.15, -0.1) is 0 Å². The van der Waals surface area contributed by atoms with Crippen LogP contribution in [-0.4, -0.2) is 37.7 Å². The molecular weight excluding hydrogens is 288 g/mol. The van der Waals surface area contributed by atoms with E-state index in [9.17, 15) is 14.4 Å². The van der Waals surface area contributed by atoms with E-state index in [0.29, 0.717) is 19.3 Å². The van der Waals surface area contributed by atoms with Gasteiger partial charge in [-0.25, -0.2) is 0 Å². The van der Waals surface area contributed by atoms with E-state index in [-0.39, 0.29) is 26.2 Å². The van der Waals surface area contributed by atoms with Crippen LogP contribution in [0.4, 0.5) is 0 Å². The van der Waals surface area contributed by atoms with Crippen molar-refractivity contribution in [3.8, 4) is 0 Å². The molecule has 0 atom stereocenters. The first kappa shape index (κ1) is 20.4. The van der Waals surface area contributed by atoms with Crippen LogP contribution in [0, 0.1) is 5.41 Å². The van der Waals surface area contributed by atoms with Gasteiger partial charge < -0.3 is 14.2 Å². The lowest BCUT2D eigenvalue weighted by Gasteiger charge is -2.26. The summed E-state index contributed by atoms with van der Waals surface area (Å²) in [6.07, 6.45) is 2.65. The fraction of sp³-hybridized carbons (Fsp3) is 0.812. The lowest BCUT2D eigenvalue weighted by molar-refractivity contribution is -0.184. The molecule has 0 aliphatic rings. The quantitative estimate of drug-likeness (QED) is 0.252. The van der Waals surface area contributed by atoms with Crippen LogP contribution in [0.3, 0.4) is 0 Å². The van der Waals surface area contributed by atoms with Crippen LogP contribution >= 0.6 is 0 Å². The second-order valence-corrected chi connectivity index (χ2v) is 5.02. The van der Waals surface area contributed by atoms with Crippen molar-refractivity contribution in [1.82, 2.24) is 0 Å². The van der Waals surface area contributed by atoms with Crippen molar-refractivity contribution < 1.29 is 28.6 Å². The van der Waals surface area contributed by atoms with E-state index in [1.165, 1.54) is 0 Å². The Morgan fingerprint density at radius 3 is 1.41 bits per heavy atom. The molecule has 0 amide bonds. The summed E-state index contributed by atoms with van der Waals surface area (Å²) in [4.78, 5) is 37.0. The third-order valence-corrected chi connectivity index (χ3v) is 3.18. The van der Waals surface area contributed by atoms with Gasteiger partial charge in [0, 0.05) is 0 Å². The normalized spacial score (nSPS) is 10.9. The van der Waals surface area contributed by atoms with Crippen LogP contribution < -0.4 is 0 Å². The molecule has 0 unspecified atom stereocenters. The predicted molar refractivity (Wildman–Crippen MR) is 81.1 cm³/mol. The number of hydrogen-bond donors (Lipinski definition) is 0. The molecule has 0 fully saturated rings. The summed E-state index contributed by atoms with van der Waals surface area (Å²) in [5, 5.41) is 0. The highest BCUT2D eigenvalue weighted by Crippen LogP contribution is 2.28. The maximum Gasteiger partial charge on any atom is 0.335 e. The number of carbonyl (C=O) groups is 3. The van der Waals surface area contributed by atoms with Crippen LogP contribution in [0.15, 0.2) is 0 Å². The molecule has 0 aromatic heterocycles. The molecular formula is C16H28O6. The largest absolute Gasteiger partial charge is 0.464 e. The van der Waals surface area contributed by atoms with Gasteiger partial charge in [0.05, 0.1) is 19.8 Å². The summed E-state index contributed by atoms with van der Waals surface area (Å²) in [5.41, 5.74) is -2.02. The molecule has 0 saturated carbocycles. The van der Waals surface area contributed by atoms with Crippen molar-refractivity contribution in [2.24, 2.45) is 5.41 Å². The topological polar surface area (TPSA) is 78.9 Å². The lowest BCUT2D eigenvalue weighted by atomic mass is 9.85. The number of unbranched alkanes of at least 4 members (excludes halogenated alkanes) is 1. The molecule has 0 rings (SSSR count). The smallest absolute Gasteiger partial charge is 0.335 e. The first-order valence-electron chi connectivity index (χ1n) is 8.02. The van der Waals surface area contributed by atoms with Gasteiger partial charge in [0.2, 0.25) is 0 Å². The minimum atomic E-state index is -2.02. The predicted octanol–water partition coefficient (Wildman–Crippen LogP) is 2.63. The number of ether oxygens (including phenoxy) is 3. The summed E-state index contributed by atoms with van der Waals surface area (Å²) in [7, 11) is 0. The molecule has 0 bridgehead atoms. The highest BCUT2D eigenvalue weighted by Gasteiger charge is 2.56. The Balaban J connectivity index is 5.26. The maximum atomic E-state index is 12.4. The summed E-state index contributed by atoms with van der Waals surface area (Å²) in [5.74, 6) is -2.66. The molecule has 0 saturated heterocycles. The van der Waals surface area contributed by atoms with Gasteiger partial charge in [-0.1, -0.05) is 34.1 Å². The fourth-order valence-electron chi connectivity index (χ4n) is 1.75. The number of hydrogen-bond acceptors (Lipinski definition) is 6. The van der Waals surface area contributed by atoms with Crippen molar-refractivity contribution in [2.45, 2.75) is 59.8 Å². The van der Waals surface area contributed by atoms with Crippen LogP contribution in [0.2, 0.25) is 0 Å². The molecule has 0 heterocycles. The van der Waals surface area contributed by atoms with Crippen LogP contribution in [-0.2, 0) is 28.6 Å². The standard InChI is InChI=1S/C16H28O6/c1-5-9-12-22-15(19)16(8-4,13(17)20-10-6-2)14(18)21-11-7-3/h5-12H2,1-4H3. The van der Waals surface area contributed by atoms with Crippen molar-refractivity contribution in [3.63, 3.8) is 0 Å². The van der Waals surface area contributed by atoms with Crippen molar-refractivity contribution in [2.75, 3.05) is 19.8 Å². The Labute approximate surface area is 132 Å². The molecule has 128 valence electrons. The highest BCUT2D eigenvalue weighted by molar-refractivity contribution is 6.17. The first-order chi connectivity index (χ1) is 10.5. The average Bonchev–Trinajstić information content (AvgIpc) is 2.52. The first-order valence-corrected chi connectivity index (χ1v) is 8.02. The van der Waals surface area contributed by atoms with Crippen LogP contribution in [0.5, 0.6) is 0 Å². The second-order valence-electron chi connectivity index (χ2n) is 5.02. The van der Waals surface area contributed by atoms with E-state index in [4.69, 9.17) is 14.2 Å². The fourth-order valence-corrected chi connectivity index (χ4v) is 1.75. The SMILES string of the molecule is CCCCOC(=O)C(CC)(C(=O)OCCC)C(=O)OCCC. The Bertz CT molecular complexity index is 344. The summed E-state index contributed by atoms with van der Waals surface area (Å²) in [6.45, 7) is 7.63. The Morgan fingerprint density at radius 2 is 1.09 bits per heavy atom. The Kier molecular flexibility index (Phi) is 10.2. The highest BCUT2D eigenvalue weighted by atomic mass is 16.6. The molecule has 0 N–H and O–H groups in total. The van der Waals surface area contributed by atoms with Gasteiger partial charge in [0.15, 0.2) is 0 Å². The maximum absolute atomic E-state index is 12.4. The molecule has 0 aromatic rings. The molecule has 0 aliphatic heterocycles. The average molecular weight is 316 g/mol. The van der Waals surface area contributed by atoms with Crippen LogP contribution in [0.1, 0.15) is 59.8 Å². The van der Waals surface area contributed by atoms with Crippen molar-refractivity contribution >= 4 is 17.9 Å². The van der Waals surface area contributed by atoms with Crippen LogP contribution in [0.25, 0.3) is 0 Å².